The number of nitrogens with one attached hydrogen (secondary N) is 2. The number of non-ortho nitro benzene ring substituents is 1. The van der Waals surface area contributed by atoms with Crippen LogP contribution in [0.15, 0.2) is 82.0 Å². The van der Waals surface area contributed by atoms with Gasteiger partial charge in [-0.25, -0.2) is 0 Å². The van der Waals surface area contributed by atoms with Crippen LogP contribution in [0.1, 0.15) is 15.9 Å². The summed E-state index contributed by atoms with van der Waals surface area (Å²) in [5.74, 6) is 0.0744. The van der Waals surface area contributed by atoms with E-state index in [1.165, 1.54) is 12.1 Å². The predicted molar refractivity (Wildman–Crippen MR) is 127 cm³/mol. The fourth-order valence-electron chi connectivity index (χ4n) is 3.53. The SMILES string of the molecule is Cc1c(-c2ccccc2)oc2c(C(=O)NCCNc3ccc([N+](=O)[O-])cc3)cccc2c1=O. The molecule has 0 fully saturated rings. The van der Waals surface area contributed by atoms with E-state index in [0.717, 1.165) is 5.56 Å². The van der Waals surface area contributed by atoms with Gasteiger partial charge in [-0.2, -0.15) is 0 Å². The van der Waals surface area contributed by atoms with Crippen LogP contribution in [0.4, 0.5) is 11.4 Å². The van der Waals surface area contributed by atoms with Crippen molar-refractivity contribution in [2.75, 3.05) is 18.4 Å². The van der Waals surface area contributed by atoms with E-state index in [2.05, 4.69) is 10.6 Å². The lowest BCUT2D eigenvalue weighted by Gasteiger charge is -2.11. The second kappa shape index (κ2) is 9.35. The number of carbonyl (C=O) groups excluding carboxylic acids is 1. The molecule has 3 aromatic carbocycles. The van der Waals surface area contributed by atoms with Crippen molar-refractivity contribution >= 4 is 28.3 Å². The first-order valence-corrected chi connectivity index (χ1v) is 10.3. The van der Waals surface area contributed by atoms with Crippen molar-refractivity contribution in [1.29, 1.82) is 0 Å². The topological polar surface area (TPSA) is 114 Å². The van der Waals surface area contributed by atoms with Crippen molar-refractivity contribution in [3.8, 4) is 11.3 Å². The summed E-state index contributed by atoms with van der Waals surface area (Å²) < 4.78 is 6.09. The molecule has 4 rings (SSSR count). The molecule has 0 bridgehead atoms. The molecule has 0 saturated carbocycles. The summed E-state index contributed by atoms with van der Waals surface area (Å²) in [6.07, 6.45) is 0. The zero-order chi connectivity index (χ0) is 23.4. The summed E-state index contributed by atoms with van der Waals surface area (Å²) in [7, 11) is 0. The van der Waals surface area contributed by atoms with Crippen molar-refractivity contribution < 1.29 is 14.1 Å². The number of hydrogen-bond acceptors (Lipinski definition) is 6. The minimum absolute atomic E-state index is 0.0106. The molecular weight excluding hydrogens is 422 g/mol. The number of nitro groups is 1. The monoisotopic (exact) mass is 443 g/mol. The van der Waals surface area contributed by atoms with Gasteiger partial charge in [-0.05, 0) is 31.2 Å². The summed E-state index contributed by atoms with van der Waals surface area (Å²) in [6, 6.07) is 20.2. The number of anilines is 1. The van der Waals surface area contributed by atoms with Gasteiger partial charge in [0.05, 0.1) is 15.9 Å². The molecule has 33 heavy (non-hydrogen) atoms. The van der Waals surface area contributed by atoms with Crippen LogP contribution in [0.3, 0.4) is 0 Å². The number of rotatable bonds is 7. The van der Waals surface area contributed by atoms with Crippen LogP contribution in [0, 0.1) is 17.0 Å². The Labute approximate surface area is 189 Å². The first-order chi connectivity index (χ1) is 16.0. The third-order valence-electron chi connectivity index (χ3n) is 5.24. The highest BCUT2D eigenvalue weighted by Gasteiger charge is 2.18. The van der Waals surface area contributed by atoms with E-state index in [1.54, 1.807) is 37.3 Å². The third kappa shape index (κ3) is 4.59. The Bertz CT molecular complexity index is 1380. The predicted octanol–water partition coefficient (Wildman–Crippen LogP) is 4.52. The van der Waals surface area contributed by atoms with E-state index in [1.807, 2.05) is 30.3 Å². The number of amides is 1. The zero-order valence-corrected chi connectivity index (χ0v) is 17.8. The van der Waals surface area contributed by atoms with E-state index in [0.29, 0.717) is 35.5 Å². The minimum Gasteiger partial charge on any atom is -0.455 e. The average molecular weight is 443 g/mol. The smallest absolute Gasteiger partial charge is 0.269 e. The maximum atomic E-state index is 12.9. The average Bonchev–Trinajstić information content (AvgIpc) is 2.84. The van der Waals surface area contributed by atoms with Crippen LogP contribution in [-0.2, 0) is 0 Å². The van der Waals surface area contributed by atoms with Crippen molar-refractivity contribution in [3.05, 3.63) is 104 Å². The van der Waals surface area contributed by atoms with Gasteiger partial charge in [0.15, 0.2) is 11.0 Å². The Morgan fingerprint density at radius 3 is 2.39 bits per heavy atom. The molecule has 1 aromatic heterocycles. The van der Waals surface area contributed by atoms with E-state index in [-0.39, 0.29) is 28.2 Å². The Morgan fingerprint density at radius 1 is 0.970 bits per heavy atom. The van der Waals surface area contributed by atoms with Gasteiger partial charge in [0.25, 0.3) is 11.6 Å². The molecule has 166 valence electrons. The lowest BCUT2D eigenvalue weighted by atomic mass is 10.0. The zero-order valence-electron chi connectivity index (χ0n) is 17.8. The second-order valence-corrected chi connectivity index (χ2v) is 7.42. The number of nitrogens with zero attached hydrogens (tertiary/aromatic N) is 1. The van der Waals surface area contributed by atoms with Gasteiger partial charge in [0.2, 0.25) is 0 Å². The molecule has 0 atom stereocenters. The summed E-state index contributed by atoms with van der Waals surface area (Å²) in [5, 5.41) is 17.0. The standard InChI is InChI=1S/C25H21N3O5/c1-16-22(29)20-8-5-9-21(24(20)33-23(16)17-6-3-2-4-7-17)25(30)27-15-14-26-18-10-12-19(13-11-18)28(31)32/h2-13,26H,14-15H2,1H3,(H,27,30). The second-order valence-electron chi connectivity index (χ2n) is 7.42. The van der Waals surface area contributed by atoms with Crippen LogP contribution in [-0.4, -0.2) is 23.9 Å². The molecule has 8 heteroatoms. The van der Waals surface area contributed by atoms with Gasteiger partial charge < -0.3 is 15.1 Å². The highest BCUT2D eigenvalue weighted by Crippen LogP contribution is 2.27. The van der Waals surface area contributed by atoms with Crippen LogP contribution in [0.5, 0.6) is 0 Å². The van der Waals surface area contributed by atoms with E-state index >= 15 is 0 Å². The molecule has 0 aliphatic rings. The normalized spacial score (nSPS) is 10.7. The lowest BCUT2D eigenvalue weighted by molar-refractivity contribution is -0.384. The lowest BCUT2D eigenvalue weighted by Crippen LogP contribution is -2.29. The summed E-state index contributed by atoms with van der Waals surface area (Å²) in [6.45, 7) is 2.42. The molecule has 1 amide bonds. The van der Waals surface area contributed by atoms with Gasteiger partial charge in [-0.15, -0.1) is 0 Å². The fourth-order valence-corrected chi connectivity index (χ4v) is 3.53. The number of hydrogen-bond donors (Lipinski definition) is 2. The molecule has 2 N–H and O–H groups in total. The van der Waals surface area contributed by atoms with Crippen molar-refractivity contribution in [2.24, 2.45) is 0 Å². The fraction of sp³-hybridized carbons (Fsp3) is 0.120. The summed E-state index contributed by atoms with van der Waals surface area (Å²) in [4.78, 5) is 36.1. The van der Waals surface area contributed by atoms with E-state index in [9.17, 15) is 19.7 Å². The maximum absolute atomic E-state index is 12.9. The third-order valence-corrected chi connectivity index (χ3v) is 5.24. The highest BCUT2D eigenvalue weighted by molar-refractivity contribution is 6.05. The number of fused-ring (bicyclic) bond motifs is 1. The van der Waals surface area contributed by atoms with Crippen LogP contribution in [0.2, 0.25) is 0 Å². The molecule has 4 aromatic rings. The first kappa shape index (κ1) is 21.8. The van der Waals surface area contributed by atoms with Crippen molar-refractivity contribution in [3.63, 3.8) is 0 Å². The molecule has 0 aliphatic carbocycles. The molecule has 0 radical (unpaired) electrons. The molecule has 1 heterocycles. The number of para-hydroxylation sites is 1. The Balaban J connectivity index is 1.51. The van der Waals surface area contributed by atoms with E-state index < -0.39 is 4.92 Å². The molecule has 0 spiro atoms. The van der Waals surface area contributed by atoms with Gasteiger partial charge in [0.1, 0.15) is 5.76 Å². The van der Waals surface area contributed by atoms with E-state index in [4.69, 9.17) is 4.42 Å². The van der Waals surface area contributed by atoms with Gasteiger partial charge in [0, 0.05) is 42.0 Å². The van der Waals surface area contributed by atoms with Gasteiger partial charge in [-0.1, -0.05) is 36.4 Å². The Morgan fingerprint density at radius 2 is 1.70 bits per heavy atom. The highest BCUT2D eigenvalue weighted by atomic mass is 16.6. The van der Waals surface area contributed by atoms with Gasteiger partial charge in [-0.3, -0.25) is 19.7 Å². The maximum Gasteiger partial charge on any atom is 0.269 e. The quantitative estimate of drug-likeness (QED) is 0.247. The van der Waals surface area contributed by atoms with Crippen LogP contribution >= 0.6 is 0 Å². The molecule has 0 saturated heterocycles. The molecule has 0 aliphatic heterocycles. The van der Waals surface area contributed by atoms with Crippen molar-refractivity contribution in [2.45, 2.75) is 6.92 Å². The largest absolute Gasteiger partial charge is 0.455 e. The van der Waals surface area contributed by atoms with Crippen molar-refractivity contribution in [1.82, 2.24) is 5.32 Å². The summed E-state index contributed by atoms with van der Waals surface area (Å²) in [5.41, 5.74) is 2.30. The Kier molecular flexibility index (Phi) is 6.17. The first-order valence-electron chi connectivity index (χ1n) is 10.3. The minimum atomic E-state index is -0.461. The molecule has 0 unspecified atom stereocenters. The van der Waals surface area contributed by atoms with Crippen LogP contribution in [0.25, 0.3) is 22.3 Å². The molecular formula is C25H21N3O5. The van der Waals surface area contributed by atoms with Crippen LogP contribution < -0.4 is 16.1 Å². The molecule has 8 nitrogen and oxygen atoms in total. The number of carbonyl (C=O) groups is 1. The number of nitro benzene ring substituents is 1. The number of benzene rings is 3. The summed E-state index contributed by atoms with van der Waals surface area (Å²) >= 11 is 0. The van der Waals surface area contributed by atoms with Gasteiger partial charge >= 0.3 is 0 Å². The Hall–Kier alpha value is -4.46.